The van der Waals surface area contributed by atoms with E-state index >= 15 is 0 Å². The second-order valence-electron chi connectivity index (χ2n) is 9.95. The maximum atomic E-state index is 13.5. The first kappa shape index (κ1) is 23.4. The van der Waals surface area contributed by atoms with Gasteiger partial charge in [-0.1, -0.05) is 18.2 Å². The van der Waals surface area contributed by atoms with Gasteiger partial charge >= 0.3 is 5.97 Å². The van der Waals surface area contributed by atoms with Gasteiger partial charge in [-0.05, 0) is 50.5 Å². The third-order valence-electron chi connectivity index (χ3n) is 7.26. The number of piperidine rings is 1. The largest absolute Gasteiger partial charge is 0.465 e. The second-order valence-corrected chi connectivity index (χ2v) is 9.95. The molecule has 2 saturated heterocycles. The summed E-state index contributed by atoms with van der Waals surface area (Å²) in [6.07, 6.45) is 2.20. The van der Waals surface area contributed by atoms with Gasteiger partial charge in [-0.2, -0.15) is 0 Å². The molecule has 2 fully saturated rings. The molecule has 0 radical (unpaired) electrons. The molecular formula is C27H32N4O4. The normalized spacial score (nSPS) is 17.8. The van der Waals surface area contributed by atoms with E-state index in [4.69, 9.17) is 14.5 Å². The fourth-order valence-electron chi connectivity index (χ4n) is 5.37. The first-order valence-corrected chi connectivity index (χ1v) is 12.1. The molecule has 5 rings (SSSR count). The van der Waals surface area contributed by atoms with E-state index in [0.717, 1.165) is 50.3 Å². The van der Waals surface area contributed by atoms with Gasteiger partial charge < -0.3 is 19.7 Å². The fourth-order valence-corrected chi connectivity index (χ4v) is 5.37. The zero-order valence-electron chi connectivity index (χ0n) is 20.8. The van der Waals surface area contributed by atoms with Crippen molar-refractivity contribution in [2.24, 2.45) is 12.5 Å². The molecule has 1 atom stereocenters. The summed E-state index contributed by atoms with van der Waals surface area (Å²) in [6.45, 7) is 7.26. The lowest BCUT2D eigenvalue weighted by atomic mass is 9.78. The van der Waals surface area contributed by atoms with Crippen LogP contribution in [0.5, 0.6) is 0 Å². The number of carbonyl (C=O) groups excluding carboxylic acids is 1. The summed E-state index contributed by atoms with van der Waals surface area (Å²) < 4.78 is 12.1. The number of carbonyl (C=O) groups is 1. The average Bonchev–Trinajstić information content (AvgIpc) is 2.85. The number of aromatic nitrogens is 2. The van der Waals surface area contributed by atoms with Crippen LogP contribution in [-0.4, -0.2) is 48.9 Å². The highest BCUT2D eigenvalue weighted by molar-refractivity contribution is 5.95. The van der Waals surface area contributed by atoms with Crippen LogP contribution < -0.4 is 15.8 Å². The average molecular weight is 477 g/mol. The van der Waals surface area contributed by atoms with Crippen LogP contribution >= 0.6 is 0 Å². The molecule has 8 heteroatoms. The van der Waals surface area contributed by atoms with Crippen molar-refractivity contribution in [3.05, 3.63) is 63.4 Å². The maximum absolute atomic E-state index is 13.5. The van der Waals surface area contributed by atoms with Gasteiger partial charge in [0.1, 0.15) is 0 Å². The van der Waals surface area contributed by atoms with Gasteiger partial charge in [0.05, 0.1) is 42.8 Å². The molecule has 1 N–H and O–H groups in total. The minimum atomic E-state index is -0.400. The van der Waals surface area contributed by atoms with Crippen molar-refractivity contribution in [2.45, 2.75) is 32.7 Å². The number of hydrogen-bond donors (Lipinski definition) is 1. The summed E-state index contributed by atoms with van der Waals surface area (Å²) in [6, 6.07) is 11.0. The number of benzene rings is 2. The van der Waals surface area contributed by atoms with E-state index in [-0.39, 0.29) is 17.0 Å². The summed E-state index contributed by atoms with van der Waals surface area (Å²) in [5.74, 6) is 0.295. The number of nitrogens with zero attached hydrogens (tertiary/aromatic N) is 3. The first-order valence-electron chi connectivity index (χ1n) is 12.1. The third-order valence-corrected chi connectivity index (χ3v) is 7.26. The van der Waals surface area contributed by atoms with E-state index in [1.807, 2.05) is 32.0 Å². The Morgan fingerprint density at radius 1 is 1.26 bits per heavy atom. The monoisotopic (exact) mass is 476 g/mol. The molecule has 0 aliphatic carbocycles. The molecule has 1 aromatic heterocycles. The zero-order chi connectivity index (χ0) is 24.7. The number of ether oxygens (including phenoxy) is 2. The van der Waals surface area contributed by atoms with Crippen LogP contribution in [0.1, 0.15) is 47.3 Å². The number of fused-ring (bicyclic) bond motifs is 1. The minimum Gasteiger partial charge on any atom is -0.465 e. The number of methoxy groups -OCH3 is 1. The summed E-state index contributed by atoms with van der Waals surface area (Å²) in [4.78, 5) is 33.1. The van der Waals surface area contributed by atoms with Gasteiger partial charge in [0.25, 0.3) is 5.56 Å². The summed E-state index contributed by atoms with van der Waals surface area (Å²) >= 11 is 0. The van der Waals surface area contributed by atoms with Crippen LogP contribution in [0.2, 0.25) is 0 Å². The van der Waals surface area contributed by atoms with Gasteiger partial charge in [-0.25, -0.2) is 9.78 Å². The molecule has 2 aliphatic rings. The number of nitrogens with one attached hydrogen (secondary N) is 1. The molecule has 1 spiro atoms. The fraction of sp³-hybridized carbons (Fsp3) is 0.444. The van der Waals surface area contributed by atoms with Crippen LogP contribution in [0.3, 0.4) is 0 Å². The molecule has 0 amide bonds. The van der Waals surface area contributed by atoms with E-state index in [1.54, 1.807) is 23.7 Å². The number of para-hydroxylation sites is 1. The van der Waals surface area contributed by atoms with E-state index < -0.39 is 5.97 Å². The third kappa shape index (κ3) is 4.16. The standard InChI is InChI=1S/C27H32N4O4/c1-17-12-20(18(2)28-22-9-6-5-8-19(22)25(33)34-4)23-21(13-17)24(32)30(3)26(29-23)31-11-7-10-27(14-31)15-35-16-27/h5-6,8-9,12-13,18,28H,7,10-11,14-16H2,1-4H3. The van der Waals surface area contributed by atoms with Crippen molar-refractivity contribution in [2.75, 3.05) is 43.6 Å². The Morgan fingerprint density at radius 2 is 2.03 bits per heavy atom. The van der Waals surface area contributed by atoms with Gasteiger partial charge in [0, 0.05) is 36.8 Å². The smallest absolute Gasteiger partial charge is 0.339 e. The van der Waals surface area contributed by atoms with Gasteiger partial charge in [0.15, 0.2) is 0 Å². The van der Waals surface area contributed by atoms with Crippen LogP contribution in [0, 0.1) is 12.3 Å². The highest BCUT2D eigenvalue weighted by atomic mass is 16.5. The molecular weight excluding hydrogens is 444 g/mol. The highest BCUT2D eigenvalue weighted by Crippen LogP contribution is 2.38. The SMILES string of the molecule is COC(=O)c1ccccc1NC(C)c1cc(C)cc2c(=O)n(C)c(N3CCCC4(COC4)C3)nc12. The van der Waals surface area contributed by atoms with E-state index in [0.29, 0.717) is 28.1 Å². The highest BCUT2D eigenvalue weighted by Gasteiger charge is 2.43. The zero-order valence-corrected chi connectivity index (χ0v) is 20.8. The predicted octanol–water partition coefficient (Wildman–Crippen LogP) is 3.82. The molecule has 8 nitrogen and oxygen atoms in total. The van der Waals surface area contributed by atoms with Crippen molar-refractivity contribution < 1.29 is 14.3 Å². The molecule has 0 saturated carbocycles. The predicted molar refractivity (Wildman–Crippen MR) is 136 cm³/mol. The summed E-state index contributed by atoms with van der Waals surface area (Å²) in [5.41, 5.74) is 3.84. The Labute approximate surface area is 204 Å². The van der Waals surface area contributed by atoms with Crippen molar-refractivity contribution in [3.63, 3.8) is 0 Å². The van der Waals surface area contributed by atoms with Crippen LogP contribution in [-0.2, 0) is 16.5 Å². The van der Waals surface area contributed by atoms with Gasteiger partial charge in [0.2, 0.25) is 5.95 Å². The maximum Gasteiger partial charge on any atom is 0.339 e. The van der Waals surface area contributed by atoms with Crippen LogP contribution in [0.4, 0.5) is 11.6 Å². The Hall–Kier alpha value is -3.39. The lowest BCUT2D eigenvalue weighted by molar-refractivity contribution is -0.118. The second kappa shape index (κ2) is 9.00. The molecule has 3 heterocycles. The number of hydrogen-bond acceptors (Lipinski definition) is 7. The molecule has 1 unspecified atom stereocenters. The van der Waals surface area contributed by atoms with Crippen LogP contribution in [0.15, 0.2) is 41.2 Å². The molecule has 2 aromatic carbocycles. The Balaban J connectivity index is 1.57. The van der Waals surface area contributed by atoms with Crippen molar-refractivity contribution in [1.29, 1.82) is 0 Å². The Morgan fingerprint density at radius 3 is 2.74 bits per heavy atom. The number of esters is 1. The van der Waals surface area contributed by atoms with E-state index in [1.165, 1.54) is 7.11 Å². The Bertz CT molecular complexity index is 1340. The molecule has 3 aromatic rings. The van der Waals surface area contributed by atoms with Crippen molar-refractivity contribution >= 4 is 28.5 Å². The molecule has 2 aliphatic heterocycles. The lowest BCUT2D eigenvalue weighted by Crippen LogP contribution is -2.55. The van der Waals surface area contributed by atoms with E-state index in [9.17, 15) is 9.59 Å². The first-order chi connectivity index (χ1) is 16.8. The Kier molecular flexibility index (Phi) is 6.01. The molecule has 184 valence electrons. The summed E-state index contributed by atoms with van der Waals surface area (Å²) in [7, 11) is 3.18. The van der Waals surface area contributed by atoms with Crippen LogP contribution in [0.25, 0.3) is 10.9 Å². The van der Waals surface area contributed by atoms with Gasteiger partial charge in [-0.3, -0.25) is 9.36 Å². The number of aryl methyl sites for hydroxylation is 1. The van der Waals surface area contributed by atoms with E-state index in [2.05, 4.69) is 16.3 Å². The van der Waals surface area contributed by atoms with Crippen molar-refractivity contribution in [1.82, 2.24) is 9.55 Å². The number of rotatable bonds is 5. The number of anilines is 2. The molecule has 35 heavy (non-hydrogen) atoms. The minimum absolute atomic E-state index is 0.0541. The quantitative estimate of drug-likeness (QED) is 0.561. The summed E-state index contributed by atoms with van der Waals surface area (Å²) in [5, 5.41) is 4.04. The van der Waals surface area contributed by atoms with Crippen molar-refractivity contribution in [3.8, 4) is 0 Å². The van der Waals surface area contributed by atoms with Gasteiger partial charge in [-0.15, -0.1) is 0 Å². The lowest BCUT2D eigenvalue weighted by Gasteiger charge is -2.48. The topological polar surface area (TPSA) is 85.7 Å². The molecule has 0 bridgehead atoms.